The van der Waals surface area contributed by atoms with Crippen LogP contribution in [0.3, 0.4) is 0 Å². The average Bonchev–Trinajstić information content (AvgIpc) is 2.30. The van der Waals surface area contributed by atoms with Crippen LogP contribution in [0, 0.1) is 0 Å². The lowest BCUT2D eigenvalue weighted by molar-refractivity contribution is 0.104. The summed E-state index contributed by atoms with van der Waals surface area (Å²) >= 11 is 0. The molecule has 0 aliphatic rings. The predicted octanol–water partition coefficient (Wildman–Crippen LogP) is 2.17. The standard InChI is InChI=1S/C12H16N2O/c1-2-3-8-13-10-7-12(15)11-6-4-5-9-14-11/h4-7,9-10,13H,2-3,8H2,1H3/b10-7-. The molecular weight excluding hydrogens is 188 g/mol. The summed E-state index contributed by atoms with van der Waals surface area (Å²) in [4.78, 5) is 15.5. The second-order valence-electron chi connectivity index (χ2n) is 3.22. The van der Waals surface area contributed by atoms with E-state index in [1.54, 1.807) is 30.6 Å². The molecule has 1 rings (SSSR count). The fourth-order valence-corrected chi connectivity index (χ4v) is 1.09. The first-order valence-electron chi connectivity index (χ1n) is 5.20. The molecule has 0 aliphatic heterocycles. The molecule has 1 N–H and O–H groups in total. The summed E-state index contributed by atoms with van der Waals surface area (Å²) in [5.41, 5.74) is 0.478. The normalized spacial score (nSPS) is 10.5. The van der Waals surface area contributed by atoms with Crippen LogP contribution in [0.15, 0.2) is 36.7 Å². The molecule has 0 aliphatic carbocycles. The van der Waals surface area contributed by atoms with Gasteiger partial charge in [0.05, 0.1) is 0 Å². The number of hydrogen-bond acceptors (Lipinski definition) is 3. The van der Waals surface area contributed by atoms with Gasteiger partial charge >= 0.3 is 0 Å². The van der Waals surface area contributed by atoms with Crippen molar-refractivity contribution in [1.29, 1.82) is 0 Å². The Balaban J connectivity index is 2.36. The summed E-state index contributed by atoms with van der Waals surface area (Å²) in [7, 11) is 0. The van der Waals surface area contributed by atoms with Gasteiger partial charge in [0.1, 0.15) is 5.69 Å². The van der Waals surface area contributed by atoms with Gasteiger partial charge in [0, 0.05) is 25.0 Å². The summed E-state index contributed by atoms with van der Waals surface area (Å²) in [6.07, 6.45) is 7.08. The molecule has 0 radical (unpaired) electrons. The number of carbonyl (C=O) groups excluding carboxylic acids is 1. The number of carbonyl (C=O) groups is 1. The van der Waals surface area contributed by atoms with Crippen LogP contribution < -0.4 is 5.32 Å². The van der Waals surface area contributed by atoms with Crippen molar-refractivity contribution in [3.63, 3.8) is 0 Å². The van der Waals surface area contributed by atoms with Gasteiger partial charge in [-0.05, 0) is 18.6 Å². The van der Waals surface area contributed by atoms with Crippen LogP contribution in [0.25, 0.3) is 0 Å². The molecule has 1 heterocycles. The first kappa shape index (κ1) is 11.4. The van der Waals surface area contributed by atoms with Crippen LogP contribution in [-0.4, -0.2) is 17.3 Å². The van der Waals surface area contributed by atoms with E-state index in [0.29, 0.717) is 5.69 Å². The van der Waals surface area contributed by atoms with E-state index in [1.807, 2.05) is 0 Å². The number of unbranched alkanes of at least 4 members (excludes halogenated alkanes) is 1. The molecular formula is C12H16N2O. The number of ketones is 1. The average molecular weight is 204 g/mol. The molecule has 0 amide bonds. The highest BCUT2D eigenvalue weighted by molar-refractivity contribution is 6.02. The van der Waals surface area contributed by atoms with Crippen LogP contribution in [0.4, 0.5) is 0 Å². The largest absolute Gasteiger partial charge is 0.391 e. The molecule has 0 bridgehead atoms. The molecule has 3 heteroatoms. The lowest BCUT2D eigenvalue weighted by atomic mass is 10.2. The van der Waals surface area contributed by atoms with Gasteiger partial charge in [-0.2, -0.15) is 0 Å². The van der Waals surface area contributed by atoms with E-state index in [9.17, 15) is 4.79 Å². The molecule has 0 saturated carbocycles. The van der Waals surface area contributed by atoms with Crippen molar-refractivity contribution in [2.45, 2.75) is 19.8 Å². The van der Waals surface area contributed by atoms with Gasteiger partial charge in [-0.3, -0.25) is 9.78 Å². The van der Waals surface area contributed by atoms with E-state index in [1.165, 1.54) is 6.08 Å². The van der Waals surface area contributed by atoms with E-state index in [-0.39, 0.29) is 5.78 Å². The summed E-state index contributed by atoms with van der Waals surface area (Å²) in [5.74, 6) is -0.0698. The molecule has 1 aromatic heterocycles. The third-order valence-corrected chi connectivity index (χ3v) is 1.94. The summed E-state index contributed by atoms with van der Waals surface area (Å²) in [5, 5.41) is 3.06. The van der Waals surface area contributed by atoms with E-state index >= 15 is 0 Å². The topological polar surface area (TPSA) is 42.0 Å². The fourth-order valence-electron chi connectivity index (χ4n) is 1.09. The van der Waals surface area contributed by atoms with Crippen LogP contribution in [0.1, 0.15) is 30.3 Å². The van der Waals surface area contributed by atoms with Gasteiger partial charge < -0.3 is 5.32 Å². The molecule has 0 spiro atoms. The van der Waals surface area contributed by atoms with Crippen LogP contribution in [0.5, 0.6) is 0 Å². The molecule has 15 heavy (non-hydrogen) atoms. The number of rotatable bonds is 6. The molecule has 0 aromatic carbocycles. The van der Waals surface area contributed by atoms with Crippen LogP contribution in [-0.2, 0) is 0 Å². The van der Waals surface area contributed by atoms with Crippen molar-refractivity contribution in [2.75, 3.05) is 6.54 Å². The molecule has 1 aromatic rings. The van der Waals surface area contributed by atoms with E-state index in [0.717, 1.165) is 19.4 Å². The Labute approximate surface area is 90.2 Å². The number of hydrogen-bond donors (Lipinski definition) is 1. The second kappa shape index (κ2) is 6.76. The second-order valence-corrected chi connectivity index (χ2v) is 3.22. The minimum Gasteiger partial charge on any atom is -0.391 e. The Morgan fingerprint density at radius 2 is 2.40 bits per heavy atom. The number of aromatic nitrogens is 1. The number of nitrogens with one attached hydrogen (secondary N) is 1. The lowest BCUT2D eigenvalue weighted by Gasteiger charge is -1.97. The number of allylic oxidation sites excluding steroid dienone is 1. The minimum absolute atomic E-state index is 0.0698. The Morgan fingerprint density at radius 1 is 1.53 bits per heavy atom. The maximum atomic E-state index is 11.5. The Kier molecular flexibility index (Phi) is 5.15. The maximum Gasteiger partial charge on any atom is 0.205 e. The molecule has 0 saturated heterocycles. The van der Waals surface area contributed by atoms with Gasteiger partial charge in [0.25, 0.3) is 0 Å². The van der Waals surface area contributed by atoms with Gasteiger partial charge in [-0.15, -0.1) is 0 Å². The highest BCUT2D eigenvalue weighted by atomic mass is 16.1. The highest BCUT2D eigenvalue weighted by Crippen LogP contribution is 1.95. The maximum absolute atomic E-state index is 11.5. The highest BCUT2D eigenvalue weighted by Gasteiger charge is 1.99. The Morgan fingerprint density at radius 3 is 3.07 bits per heavy atom. The first-order valence-corrected chi connectivity index (χ1v) is 5.20. The van der Waals surface area contributed by atoms with Gasteiger partial charge in [-0.1, -0.05) is 19.4 Å². The van der Waals surface area contributed by atoms with Gasteiger partial charge in [0.15, 0.2) is 0 Å². The first-order chi connectivity index (χ1) is 7.34. The third kappa shape index (κ3) is 4.40. The zero-order valence-corrected chi connectivity index (χ0v) is 8.94. The van der Waals surface area contributed by atoms with Crippen molar-refractivity contribution >= 4 is 5.78 Å². The quantitative estimate of drug-likeness (QED) is 0.438. The Bertz CT molecular complexity index is 320. The van der Waals surface area contributed by atoms with Crippen LogP contribution >= 0.6 is 0 Å². The number of nitrogens with zero attached hydrogens (tertiary/aromatic N) is 1. The minimum atomic E-state index is -0.0698. The third-order valence-electron chi connectivity index (χ3n) is 1.94. The van der Waals surface area contributed by atoms with Crippen molar-refractivity contribution in [2.24, 2.45) is 0 Å². The van der Waals surface area contributed by atoms with Gasteiger partial charge in [-0.25, -0.2) is 0 Å². The Hall–Kier alpha value is -1.64. The SMILES string of the molecule is CCCCN/C=C\C(=O)c1ccccn1. The zero-order chi connectivity index (χ0) is 10.9. The molecule has 80 valence electrons. The monoisotopic (exact) mass is 204 g/mol. The molecule has 0 atom stereocenters. The van der Waals surface area contributed by atoms with Crippen molar-refractivity contribution < 1.29 is 4.79 Å². The smallest absolute Gasteiger partial charge is 0.205 e. The lowest BCUT2D eigenvalue weighted by Crippen LogP contribution is -2.07. The summed E-state index contributed by atoms with van der Waals surface area (Å²) in [6, 6.07) is 5.30. The summed E-state index contributed by atoms with van der Waals surface area (Å²) in [6.45, 7) is 3.03. The van der Waals surface area contributed by atoms with Crippen molar-refractivity contribution in [3.05, 3.63) is 42.4 Å². The van der Waals surface area contributed by atoms with E-state index in [4.69, 9.17) is 0 Å². The zero-order valence-electron chi connectivity index (χ0n) is 8.94. The van der Waals surface area contributed by atoms with Gasteiger partial charge in [0.2, 0.25) is 5.78 Å². The molecule has 3 nitrogen and oxygen atoms in total. The van der Waals surface area contributed by atoms with E-state index in [2.05, 4.69) is 17.2 Å². The van der Waals surface area contributed by atoms with E-state index < -0.39 is 0 Å². The van der Waals surface area contributed by atoms with Crippen molar-refractivity contribution in [3.8, 4) is 0 Å². The van der Waals surface area contributed by atoms with Crippen molar-refractivity contribution in [1.82, 2.24) is 10.3 Å². The fraction of sp³-hybridized carbons (Fsp3) is 0.333. The molecule has 0 unspecified atom stereocenters. The van der Waals surface area contributed by atoms with Crippen LogP contribution in [0.2, 0.25) is 0 Å². The predicted molar refractivity (Wildman–Crippen MR) is 60.6 cm³/mol. The summed E-state index contributed by atoms with van der Waals surface area (Å²) < 4.78 is 0. The molecule has 0 fully saturated rings. The number of pyridine rings is 1.